The number of aromatic nitrogens is 3. The van der Waals surface area contributed by atoms with Crippen LogP contribution in [0.3, 0.4) is 0 Å². The van der Waals surface area contributed by atoms with Gasteiger partial charge in [-0.3, -0.25) is 4.98 Å². The van der Waals surface area contributed by atoms with Crippen molar-refractivity contribution in [2.75, 3.05) is 23.8 Å². The standard InChI is InChI=1S/C23H27F3N6O2/c1-2-20-16(4-3-9-27-20)11-29-21-19(23(24,25)26)12-30-22(32-21)31-17-7-5-15(6-8-17)10-28-18(13-33)14-34/h3-9,12,18,28,33-34H,2,10-11,13-14H2,1H3,(H2,29,30,31,32). The first-order valence-corrected chi connectivity index (χ1v) is 10.8. The third-order valence-electron chi connectivity index (χ3n) is 5.11. The van der Waals surface area contributed by atoms with Gasteiger partial charge in [0.05, 0.1) is 19.3 Å². The first kappa shape index (κ1) is 25.3. The maximum atomic E-state index is 13.5. The number of halogens is 3. The van der Waals surface area contributed by atoms with Gasteiger partial charge in [0.2, 0.25) is 5.95 Å². The summed E-state index contributed by atoms with van der Waals surface area (Å²) in [5.41, 5.74) is 2.13. The number of nitrogens with one attached hydrogen (secondary N) is 3. The molecule has 0 spiro atoms. The molecule has 11 heteroatoms. The van der Waals surface area contributed by atoms with Crippen molar-refractivity contribution in [3.63, 3.8) is 0 Å². The predicted molar refractivity (Wildman–Crippen MR) is 122 cm³/mol. The van der Waals surface area contributed by atoms with E-state index >= 15 is 0 Å². The predicted octanol–water partition coefficient (Wildman–Crippen LogP) is 3.25. The van der Waals surface area contributed by atoms with E-state index in [2.05, 4.69) is 30.9 Å². The second-order valence-electron chi connectivity index (χ2n) is 7.53. The van der Waals surface area contributed by atoms with Gasteiger partial charge < -0.3 is 26.2 Å². The molecular weight excluding hydrogens is 449 g/mol. The molecule has 0 aliphatic heterocycles. The average molecular weight is 477 g/mol. The lowest BCUT2D eigenvalue weighted by molar-refractivity contribution is -0.137. The minimum atomic E-state index is -4.61. The van der Waals surface area contributed by atoms with Crippen LogP contribution in [0.1, 0.15) is 29.3 Å². The minimum absolute atomic E-state index is 0.0175. The summed E-state index contributed by atoms with van der Waals surface area (Å²) in [5.74, 6) is -0.306. The maximum Gasteiger partial charge on any atom is 0.421 e. The van der Waals surface area contributed by atoms with Crippen molar-refractivity contribution in [2.45, 2.75) is 38.7 Å². The molecule has 0 fully saturated rings. The summed E-state index contributed by atoms with van der Waals surface area (Å²) in [6.45, 7) is 2.14. The van der Waals surface area contributed by atoms with E-state index in [1.54, 1.807) is 36.5 Å². The molecule has 0 bridgehead atoms. The maximum absolute atomic E-state index is 13.5. The summed E-state index contributed by atoms with van der Waals surface area (Å²) < 4.78 is 40.5. The molecule has 2 aromatic heterocycles. The van der Waals surface area contributed by atoms with Gasteiger partial charge in [-0.05, 0) is 35.7 Å². The van der Waals surface area contributed by atoms with Gasteiger partial charge in [0.1, 0.15) is 11.4 Å². The van der Waals surface area contributed by atoms with Crippen LogP contribution in [0, 0.1) is 0 Å². The van der Waals surface area contributed by atoms with Crippen LogP contribution < -0.4 is 16.0 Å². The molecule has 2 heterocycles. The number of rotatable bonds is 11. The number of pyridine rings is 1. The summed E-state index contributed by atoms with van der Waals surface area (Å²) in [6, 6.07) is 10.2. The zero-order valence-electron chi connectivity index (χ0n) is 18.6. The van der Waals surface area contributed by atoms with E-state index in [-0.39, 0.29) is 31.5 Å². The van der Waals surface area contributed by atoms with Crippen molar-refractivity contribution in [3.05, 3.63) is 71.2 Å². The first-order valence-electron chi connectivity index (χ1n) is 10.8. The van der Waals surface area contributed by atoms with E-state index in [9.17, 15) is 13.2 Å². The van der Waals surface area contributed by atoms with Crippen molar-refractivity contribution in [1.82, 2.24) is 20.3 Å². The molecule has 5 N–H and O–H groups in total. The summed E-state index contributed by atoms with van der Waals surface area (Å²) in [5, 5.41) is 26.9. The second-order valence-corrected chi connectivity index (χ2v) is 7.53. The highest BCUT2D eigenvalue weighted by Crippen LogP contribution is 2.34. The highest BCUT2D eigenvalue weighted by Gasteiger charge is 2.35. The lowest BCUT2D eigenvalue weighted by atomic mass is 10.1. The number of alkyl halides is 3. The molecule has 8 nitrogen and oxygen atoms in total. The molecule has 0 aliphatic carbocycles. The molecular formula is C23H27F3N6O2. The van der Waals surface area contributed by atoms with Crippen LogP contribution in [0.4, 0.5) is 30.6 Å². The number of aliphatic hydroxyl groups is 2. The van der Waals surface area contributed by atoms with E-state index in [4.69, 9.17) is 10.2 Å². The van der Waals surface area contributed by atoms with Crippen LogP contribution in [-0.2, 0) is 25.7 Å². The monoisotopic (exact) mass is 476 g/mol. The van der Waals surface area contributed by atoms with Crippen LogP contribution in [0.5, 0.6) is 0 Å². The molecule has 0 saturated heterocycles. The zero-order chi connectivity index (χ0) is 24.6. The lowest BCUT2D eigenvalue weighted by Gasteiger charge is -2.16. The largest absolute Gasteiger partial charge is 0.421 e. The van der Waals surface area contributed by atoms with Gasteiger partial charge in [0, 0.05) is 36.9 Å². The number of benzene rings is 1. The van der Waals surface area contributed by atoms with Crippen LogP contribution in [-0.4, -0.2) is 44.4 Å². The van der Waals surface area contributed by atoms with Gasteiger partial charge in [0.15, 0.2) is 0 Å². The number of nitrogens with zero attached hydrogens (tertiary/aromatic N) is 3. The molecule has 0 amide bonds. The highest BCUT2D eigenvalue weighted by atomic mass is 19.4. The molecule has 0 atom stereocenters. The fourth-order valence-corrected chi connectivity index (χ4v) is 3.20. The first-order chi connectivity index (χ1) is 16.3. The van der Waals surface area contributed by atoms with E-state index in [1.165, 1.54) is 0 Å². The van der Waals surface area contributed by atoms with Crippen LogP contribution in [0.25, 0.3) is 0 Å². The third kappa shape index (κ3) is 6.86. The van der Waals surface area contributed by atoms with E-state index in [0.29, 0.717) is 18.7 Å². The molecule has 1 aromatic carbocycles. The number of hydrogen-bond acceptors (Lipinski definition) is 8. The van der Waals surface area contributed by atoms with Crippen molar-refractivity contribution in [1.29, 1.82) is 0 Å². The normalized spacial score (nSPS) is 11.6. The van der Waals surface area contributed by atoms with Gasteiger partial charge in [-0.2, -0.15) is 18.2 Å². The highest BCUT2D eigenvalue weighted by molar-refractivity contribution is 5.57. The minimum Gasteiger partial charge on any atom is -0.395 e. The Labute approximate surface area is 195 Å². The van der Waals surface area contributed by atoms with Crippen LogP contribution in [0.15, 0.2) is 48.8 Å². The number of anilines is 3. The molecule has 0 unspecified atom stereocenters. The summed E-state index contributed by atoms with van der Waals surface area (Å²) in [7, 11) is 0. The molecule has 3 rings (SSSR count). The number of hydrogen-bond donors (Lipinski definition) is 5. The second kappa shape index (κ2) is 11.7. The molecule has 182 valence electrons. The Morgan fingerprint density at radius 3 is 2.38 bits per heavy atom. The molecule has 34 heavy (non-hydrogen) atoms. The molecule has 0 radical (unpaired) electrons. The average Bonchev–Trinajstić information content (AvgIpc) is 2.84. The Kier molecular flexibility index (Phi) is 8.74. The van der Waals surface area contributed by atoms with E-state index < -0.39 is 17.8 Å². The summed E-state index contributed by atoms with van der Waals surface area (Å²) in [6.07, 6.45) is -1.55. The number of aryl methyl sites for hydroxylation is 1. The van der Waals surface area contributed by atoms with Gasteiger partial charge in [-0.25, -0.2) is 4.98 Å². The lowest BCUT2D eigenvalue weighted by Crippen LogP contribution is -2.35. The fraction of sp³-hybridized carbons (Fsp3) is 0.348. The fourth-order valence-electron chi connectivity index (χ4n) is 3.20. The Morgan fingerprint density at radius 1 is 1.00 bits per heavy atom. The Hall–Kier alpha value is -3.28. The quantitative estimate of drug-likeness (QED) is 0.287. The third-order valence-corrected chi connectivity index (χ3v) is 5.11. The Morgan fingerprint density at radius 2 is 1.74 bits per heavy atom. The Bertz CT molecular complexity index is 1060. The topological polar surface area (TPSA) is 115 Å². The van der Waals surface area contributed by atoms with E-state index in [1.807, 2.05) is 13.0 Å². The molecule has 3 aromatic rings. The van der Waals surface area contributed by atoms with Crippen molar-refractivity contribution < 1.29 is 23.4 Å². The summed E-state index contributed by atoms with van der Waals surface area (Å²) >= 11 is 0. The van der Waals surface area contributed by atoms with Crippen LogP contribution >= 0.6 is 0 Å². The summed E-state index contributed by atoms with van der Waals surface area (Å²) in [4.78, 5) is 12.2. The number of aliphatic hydroxyl groups excluding tert-OH is 2. The SMILES string of the molecule is CCc1ncccc1CNc1nc(Nc2ccc(CNC(CO)CO)cc2)ncc1C(F)(F)F. The van der Waals surface area contributed by atoms with Gasteiger partial charge in [0.25, 0.3) is 0 Å². The van der Waals surface area contributed by atoms with Crippen molar-refractivity contribution in [2.24, 2.45) is 0 Å². The van der Waals surface area contributed by atoms with Crippen molar-refractivity contribution in [3.8, 4) is 0 Å². The van der Waals surface area contributed by atoms with Crippen LogP contribution in [0.2, 0.25) is 0 Å². The molecule has 0 aliphatic rings. The zero-order valence-corrected chi connectivity index (χ0v) is 18.6. The van der Waals surface area contributed by atoms with Gasteiger partial charge in [-0.1, -0.05) is 25.1 Å². The van der Waals surface area contributed by atoms with Crippen molar-refractivity contribution >= 4 is 17.5 Å². The Balaban J connectivity index is 1.74. The van der Waals surface area contributed by atoms with Gasteiger partial charge >= 0.3 is 6.18 Å². The smallest absolute Gasteiger partial charge is 0.395 e. The van der Waals surface area contributed by atoms with Gasteiger partial charge in [-0.15, -0.1) is 0 Å². The van der Waals surface area contributed by atoms with E-state index in [0.717, 1.165) is 23.0 Å². The molecule has 0 saturated carbocycles.